The Hall–Kier alpha value is -4.32. The van der Waals surface area contributed by atoms with E-state index < -0.39 is 193 Å². The quantitative estimate of drug-likeness (QED) is 0.0513. The van der Waals surface area contributed by atoms with E-state index in [4.69, 9.17) is 0 Å². The minimum atomic E-state index is -7.82. The Morgan fingerprint density at radius 1 is 0.293 bits per heavy atom. The van der Waals surface area contributed by atoms with E-state index in [1.165, 1.54) is 0 Å². The van der Waals surface area contributed by atoms with Crippen LogP contribution in [0.4, 0.5) is 79.0 Å². The van der Waals surface area contributed by atoms with Crippen LogP contribution in [-0.2, 0) is 3.74 Å². The van der Waals surface area contributed by atoms with Crippen molar-refractivity contribution in [2.45, 2.75) is 58.2 Å². The third-order valence-electron chi connectivity index (χ3n) is 10.8. The molecule has 6 aromatic carbocycles. The van der Waals surface area contributed by atoms with Crippen LogP contribution in [0.3, 0.4) is 0 Å². The molecule has 0 saturated heterocycles. The minimum absolute atomic E-state index is 1.12. The van der Waals surface area contributed by atoms with Crippen molar-refractivity contribution >= 4 is 60.4 Å². The molecule has 1 atom stereocenters. The first-order valence-corrected chi connectivity index (χ1v) is 24.2. The van der Waals surface area contributed by atoms with Crippen molar-refractivity contribution in [3.05, 3.63) is 105 Å². The summed E-state index contributed by atoms with van der Waals surface area (Å²) in [5, 5.41) is -12.0. The van der Waals surface area contributed by atoms with Crippen LogP contribution < -0.4 is 8.70 Å². The number of hydrogen-bond acceptors (Lipinski definition) is 1. The van der Waals surface area contributed by atoms with Gasteiger partial charge in [-0.3, -0.25) is 0 Å². The molecule has 0 aliphatic heterocycles. The molecular weight excluding hydrogens is 905 g/mol. The van der Waals surface area contributed by atoms with Gasteiger partial charge in [0.25, 0.3) is 0 Å². The van der Waals surface area contributed by atoms with Crippen LogP contribution in [-0.4, -0.2) is 19.4 Å². The molecule has 0 aromatic heterocycles. The standard InChI is InChI=1S/C37H21AsF18OSi/c1-7(2)58(8(3)4,9(5)6)38(57,19-13(21(40)33(52)36(55)31(19)50)17-28(47)34(53)37(56)35(54)29(17)48)18-12-10-11-15(22(41)20(12)39)26(45)32(51)27(46)16(11)24(43)23(42)14(10)25(44)30(18)49/h7-9H,1-6H3. The predicted molar refractivity (Wildman–Crippen MR) is 178 cm³/mol. The van der Waals surface area contributed by atoms with Crippen molar-refractivity contribution in [3.8, 4) is 11.1 Å². The topological polar surface area (TPSA) is 17.1 Å². The third-order valence-corrected chi connectivity index (χ3v) is 40.8. The van der Waals surface area contributed by atoms with Gasteiger partial charge in [0, 0.05) is 0 Å². The second kappa shape index (κ2) is 13.9. The maximum atomic E-state index is 17.2. The summed E-state index contributed by atoms with van der Waals surface area (Å²) in [4.78, 5) is 0. The fourth-order valence-electron chi connectivity index (χ4n) is 8.96. The van der Waals surface area contributed by atoms with Gasteiger partial charge < -0.3 is 0 Å². The molecule has 0 saturated carbocycles. The van der Waals surface area contributed by atoms with Crippen LogP contribution in [0.15, 0.2) is 0 Å². The SMILES string of the molecule is CC(C)[Si](C(C)C)(C(C)C)[As](=O)(c1c(F)c(F)c(F)c(F)c1-c1c(F)c(F)c(F)c(F)c1F)c1c(F)c(F)c2c(F)c(F)c3c(F)c(F)c(F)c4c(F)c(F)c1c2c34. The average molecular weight is 927 g/mol. The Labute approximate surface area is 316 Å². The van der Waals surface area contributed by atoms with E-state index in [2.05, 4.69) is 0 Å². The summed E-state index contributed by atoms with van der Waals surface area (Å²) in [5.41, 5.74) is -9.47. The molecule has 0 spiro atoms. The van der Waals surface area contributed by atoms with Gasteiger partial charge >= 0.3 is 317 Å². The van der Waals surface area contributed by atoms with Gasteiger partial charge in [-0.15, -0.1) is 0 Å². The van der Waals surface area contributed by atoms with Gasteiger partial charge in [0.05, 0.1) is 0 Å². The summed E-state index contributed by atoms with van der Waals surface area (Å²) in [7, 11) is 0. The van der Waals surface area contributed by atoms with Crippen LogP contribution in [0.25, 0.3) is 43.4 Å². The number of rotatable bonds is 7. The van der Waals surface area contributed by atoms with Crippen molar-refractivity contribution < 1.29 is 82.8 Å². The first-order valence-electron chi connectivity index (χ1n) is 16.6. The van der Waals surface area contributed by atoms with Crippen LogP contribution in [0.5, 0.6) is 0 Å². The molecule has 0 aliphatic rings. The summed E-state index contributed by atoms with van der Waals surface area (Å²) in [6, 6.07) is 0. The van der Waals surface area contributed by atoms with Gasteiger partial charge in [-0.25, -0.2) is 0 Å². The molecule has 6 aromatic rings. The Morgan fingerprint density at radius 3 is 0.914 bits per heavy atom. The maximum absolute atomic E-state index is 17.2. The van der Waals surface area contributed by atoms with E-state index >= 15 is 65.2 Å². The second-order valence-corrected chi connectivity index (χ2v) is 32.1. The molecule has 1 unspecified atom stereocenters. The van der Waals surface area contributed by atoms with E-state index in [0.717, 1.165) is 41.5 Å². The van der Waals surface area contributed by atoms with Gasteiger partial charge in [0.15, 0.2) is 0 Å². The fourth-order valence-corrected chi connectivity index (χ4v) is 41.0. The van der Waals surface area contributed by atoms with Crippen molar-refractivity contribution in [1.82, 2.24) is 0 Å². The van der Waals surface area contributed by atoms with E-state index in [9.17, 15) is 17.6 Å². The first-order chi connectivity index (χ1) is 26.7. The van der Waals surface area contributed by atoms with Gasteiger partial charge in [-0.05, 0) is 0 Å². The summed E-state index contributed by atoms with van der Waals surface area (Å²) < 4.78 is 294. The molecule has 58 heavy (non-hydrogen) atoms. The monoisotopic (exact) mass is 926 g/mol. The molecule has 6 rings (SSSR count). The fraction of sp³-hybridized carbons (Fsp3) is 0.243. The predicted octanol–water partition coefficient (Wildman–Crippen LogP) is 12.0. The van der Waals surface area contributed by atoms with Crippen molar-refractivity contribution in [2.75, 3.05) is 0 Å². The zero-order chi connectivity index (χ0) is 43.9. The number of halogens is 18. The number of benzene rings is 6. The van der Waals surface area contributed by atoms with Crippen LogP contribution in [0, 0.1) is 105 Å². The molecule has 0 fully saturated rings. The molecule has 0 radical (unpaired) electrons. The molecular formula is C37H21AsF18OSi. The summed E-state index contributed by atoms with van der Waals surface area (Å²) in [6.45, 7) is 1.61. The normalized spacial score (nSPS) is 13.8. The Kier molecular flexibility index (Phi) is 10.4. The Morgan fingerprint density at radius 2 is 0.534 bits per heavy atom. The van der Waals surface area contributed by atoms with Crippen LogP contribution in [0.1, 0.15) is 41.5 Å². The van der Waals surface area contributed by atoms with Gasteiger partial charge in [0.1, 0.15) is 0 Å². The van der Waals surface area contributed by atoms with Crippen LogP contribution >= 0.6 is 0 Å². The van der Waals surface area contributed by atoms with Crippen molar-refractivity contribution in [3.63, 3.8) is 0 Å². The molecule has 0 N–H and O–H groups in total. The zero-order valence-electron chi connectivity index (χ0n) is 29.9. The van der Waals surface area contributed by atoms with Gasteiger partial charge in [0.2, 0.25) is 0 Å². The second-order valence-electron chi connectivity index (χ2n) is 14.3. The molecule has 1 nitrogen and oxygen atoms in total. The third kappa shape index (κ3) is 5.01. The van der Waals surface area contributed by atoms with Gasteiger partial charge in [-0.2, -0.15) is 0 Å². The van der Waals surface area contributed by atoms with Crippen molar-refractivity contribution in [1.29, 1.82) is 0 Å². The molecule has 0 aliphatic carbocycles. The zero-order valence-corrected chi connectivity index (χ0v) is 32.8. The Bertz CT molecular complexity index is 2780. The van der Waals surface area contributed by atoms with E-state index in [1.54, 1.807) is 0 Å². The van der Waals surface area contributed by atoms with E-state index in [0.29, 0.717) is 0 Å². The van der Waals surface area contributed by atoms with E-state index in [-0.39, 0.29) is 0 Å². The average Bonchev–Trinajstić information content (AvgIpc) is 3.14. The molecule has 0 amide bonds. The molecule has 0 bridgehead atoms. The Balaban J connectivity index is 2.13. The molecule has 0 heterocycles. The molecule has 21 heteroatoms. The van der Waals surface area contributed by atoms with Crippen molar-refractivity contribution in [2.24, 2.45) is 0 Å². The summed E-state index contributed by atoms with van der Waals surface area (Å²) >= 11 is -7.82. The molecule has 310 valence electrons. The van der Waals surface area contributed by atoms with Crippen LogP contribution in [0.2, 0.25) is 16.6 Å². The van der Waals surface area contributed by atoms with Gasteiger partial charge in [-0.1, -0.05) is 0 Å². The van der Waals surface area contributed by atoms with E-state index in [1.807, 2.05) is 0 Å². The first kappa shape index (κ1) is 43.3. The summed E-state index contributed by atoms with van der Waals surface area (Å²) in [6.07, 6.45) is 0. The summed E-state index contributed by atoms with van der Waals surface area (Å²) in [5.74, 6) is -51.8. The number of hydrogen-bond donors (Lipinski definition) is 0.